The summed E-state index contributed by atoms with van der Waals surface area (Å²) >= 11 is 0. The lowest BCUT2D eigenvalue weighted by molar-refractivity contribution is 0.215. The van der Waals surface area contributed by atoms with Gasteiger partial charge in [0.25, 0.3) is 0 Å². The number of hydrogen-bond donors (Lipinski definition) is 1. The largest absolute Gasteiger partial charge is 0.315 e. The van der Waals surface area contributed by atoms with Gasteiger partial charge in [-0.2, -0.15) is 0 Å². The van der Waals surface area contributed by atoms with E-state index < -0.39 is 0 Å². The summed E-state index contributed by atoms with van der Waals surface area (Å²) in [4.78, 5) is 2.32. The topological polar surface area (TPSA) is 15.3 Å². The van der Waals surface area contributed by atoms with Crippen LogP contribution in [0.2, 0.25) is 0 Å². The Bertz CT molecular complexity index is 354. The molecule has 0 saturated heterocycles. The first-order chi connectivity index (χ1) is 9.17. The van der Waals surface area contributed by atoms with Gasteiger partial charge in [0, 0.05) is 19.1 Å². The number of rotatable bonds is 9. The van der Waals surface area contributed by atoms with E-state index in [2.05, 4.69) is 31.1 Å². The predicted molar refractivity (Wildman–Crippen MR) is 79.7 cm³/mol. The maximum atomic E-state index is 13.2. The monoisotopic (exact) mass is 266 g/mol. The van der Waals surface area contributed by atoms with Gasteiger partial charge >= 0.3 is 0 Å². The molecular formula is C16H27FN2. The molecule has 1 aromatic carbocycles. The van der Waals surface area contributed by atoms with Crippen LogP contribution in [-0.2, 0) is 6.54 Å². The van der Waals surface area contributed by atoms with Crippen LogP contribution in [-0.4, -0.2) is 31.1 Å². The normalized spacial score (nSPS) is 12.9. The maximum absolute atomic E-state index is 13.2. The molecular weight excluding hydrogens is 239 g/mol. The fourth-order valence-electron chi connectivity index (χ4n) is 2.31. The van der Waals surface area contributed by atoms with Crippen LogP contribution in [0.5, 0.6) is 0 Å². The second-order valence-electron chi connectivity index (χ2n) is 5.19. The maximum Gasteiger partial charge on any atom is 0.123 e. The third kappa shape index (κ3) is 6.17. The Morgan fingerprint density at radius 1 is 1.26 bits per heavy atom. The van der Waals surface area contributed by atoms with Gasteiger partial charge in [-0.15, -0.1) is 0 Å². The highest BCUT2D eigenvalue weighted by Gasteiger charge is 2.13. The van der Waals surface area contributed by atoms with E-state index >= 15 is 0 Å². The van der Waals surface area contributed by atoms with Crippen LogP contribution in [0.4, 0.5) is 4.39 Å². The van der Waals surface area contributed by atoms with E-state index in [0.717, 1.165) is 31.6 Å². The van der Waals surface area contributed by atoms with Crippen molar-refractivity contribution in [3.05, 3.63) is 35.6 Å². The first-order valence-corrected chi connectivity index (χ1v) is 7.32. The van der Waals surface area contributed by atoms with E-state index in [1.54, 1.807) is 12.1 Å². The average molecular weight is 266 g/mol. The van der Waals surface area contributed by atoms with Gasteiger partial charge in [0.2, 0.25) is 0 Å². The van der Waals surface area contributed by atoms with Gasteiger partial charge in [-0.3, -0.25) is 4.90 Å². The number of nitrogens with one attached hydrogen (secondary N) is 1. The Balaban J connectivity index is 2.52. The number of halogens is 1. The molecule has 1 atom stereocenters. The van der Waals surface area contributed by atoms with Crippen LogP contribution >= 0.6 is 0 Å². The fourth-order valence-corrected chi connectivity index (χ4v) is 2.31. The standard InChI is InChI=1S/C16H27FN2/c1-4-7-16(12-18-10-5-2)19(3)13-14-8-6-9-15(17)11-14/h6,8-9,11,16,18H,4-5,7,10,12-13H2,1-3H3. The zero-order valence-electron chi connectivity index (χ0n) is 12.5. The van der Waals surface area contributed by atoms with E-state index in [9.17, 15) is 4.39 Å². The number of nitrogens with zero attached hydrogens (tertiary/aromatic N) is 1. The number of hydrogen-bond acceptors (Lipinski definition) is 2. The van der Waals surface area contributed by atoms with Crippen LogP contribution in [0, 0.1) is 5.82 Å². The molecule has 1 unspecified atom stereocenters. The fraction of sp³-hybridized carbons (Fsp3) is 0.625. The van der Waals surface area contributed by atoms with Crippen molar-refractivity contribution in [1.29, 1.82) is 0 Å². The van der Waals surface area contributed by atoms with Crippen molar-refractivity contribution in [3.8, 4) is 0 Å². The van der Waals surface area contributed by atoms with Gasteiger partial charge < -0.3 is 5.32 Å². The molecule has 0 fully saturated rings. The summed E-state index contributed by atoms with van der Waals surface area (Å²) in [5.41, 5.74) is 1.04. The minimum atomic E-state index is -0.151. The van der Waals surface area contributed by atoms with Gasteiger partial charge in [-0.25, -0.2) is 4.39 Å². The quantitative estimate of drug-likeness (QED) is 0.689. The van der Waals surface area contributed by atoms with E-state index in [0.29, 0.717) is 6.04 Å². The van der Waals surface area contributed by atoms with E-state index in [-0.39, 0.29) is 5.82 Å². The Labute approximate surface area is 117 Å². The van der Waals surface area contributed by atoms with Crippen LogP contribution < -0.4 is 5.32 Å². The summed E-state index contributed by atoms with van der Waals surface area (Å²) < 4.78 is 13.2. The summed E-state index contributed by atoms with van der Waals surface area (Å²) in [6, 6.07) is 7.40. The third-order valence-corrected chi connectivity index (χ3v) is 3.37. The molecule has 0 saturated carbocycles. The van der Waals surface area contributed by atoms with E-state index in [1.807, 2.05) is 6.07 Å². The molecule has 0 bridgehead atoms. The molecule has 1 N–H and O–H groups in total. The molecule has 19 heavy (non-hydrogen) atoms. The van der Waals surface area contributed by atoms with Crippen LogP contribution in [0.25, 0.3) is 0 Å². The van der Waals surface area contributed by atoms with Crippen molar-refractivity contribution >= 4 is 0 Å². The molecule has 0 aromatic heterocycles. The van der Waals surface area contributed by atoms with Crippen molar-refractivity contribution in [2.24, 2.45) is 0 Å². The summed E-state index contributed by atoms with van der Waals surface area (Å²) in [7, 11) is 2.12. The SMILES string of the molecule is CCCNCC(CCC)N(C)Cc1cccc(F)c1. The predicted octanol–water partition coefficient (Wildman–Crippen LogP) is 3.43. The van der Waals surface area contributed by atoms with Gasteiger partial charge in [-0.05, 0) is 44.1 Å². The molecule has 0 aliphatic heterocycles. The molecule has 1 aromatic rings. The van der Waals surface area contributed by atoms with Gasteiger partial charge in [0.1, 0.15) is 5.82 Å². The van der Waals surface area contributed by atoms with Crippen molar-refractivity contribution in [3.63, 3.8) is 0 Å². The molecule has 0 aliphatic carbocycles. The summed E-state index contributed by atoms with van der Waals surface area (Å²) in [6.07, 6.45) is 3.50. The minimum absolute atomic E-state index is 0.151. The van der Waals surface area contributed by atoms with Crippen LogP contribution in [0.3, 0.4) is 0 Å². The number of benzene rings is 1. The first-order valence-electron chi connectivity index (χ1n) is 7.32. The highest BCUT2D eigenvalue weighted by molar-refractivity contribution is 5.16. The van der Waals surface area contributed by atoms with Gasteiger partial charge in [0.15, 0.2) is 0 Å². The Morgan fingerprint density at radius 2 is 2.05 bits per heavy atom. The summed E-state index contributed by atoms with van der Waals surface area (Å²) in [6.45, 7) is 7.26. The highest BCUT2D eigenvalue weighted by Crippen LogP contribution is 2.11. The molecule has 3 heteroatoms. The smallest absolute Gasteiger partial charge is 0.123 e. The molecule has 0 amide bonds. The van der Waals surface area contributed by atoms with Crippen molar-refractivity contribution in [1.82, 2.24) is 10.2 Å². The van der Waals surface area contributed by atoms with E-state index in [4.69, 9.17) is 0 Å². The number of likely N-dealkylation sites (N-methyl/N-ethyl adjacent to an activating group) is 1. The molecule has 0 radical (unpaired) electrons. The average Bonchev–Trinajstić information content (AvgIpc) is 2.38. The molecule has 0 heterocycles. The minimum Gasteiger partial charge on any atom is -0.315 e. The molecule has 1 rings (SSSR count). The molecule has 2 nitrogen and oxygen atoms in total. The molecule has 0 aliphatic rings. The third-order valence-electron chi connectivity index (χ3n) is 3.37. The summed E-state index contributed by atoms with van der Waals surface area (Å²) in [5, 5.41) is 3.48. The van der Waals surface area contributed by atoms with Gasteiger partial charge in [0.05, 0.1) is 0 Å². The highest BCUT2D eigenvalue weighted by atomic mass is 19.1. The Kier molecular flexibility index (Phi) is 7.68. The van der Waals surface area contributed by atoms with Crippen molar-refractivity contribution < 1.29 is 4.39 Å². The Hall–Kier alpha value is -0.930. The lowest BCUT2D eigenvalue weighted by Gasteiger charge is -2.28. The molecule has 0 spiro atoms. The first kappa shape index (κ1) is 16.1. The lowest BCUT2D eigenvalue weighted by Crippen LogP contribution is -2.39. The zero-order valence-corrected chi connectivity index (χ0v) is 12.5. The van der Waals surface area contributed by atoms with Gasteiger partial charge in [-0.1, -0.05) is 32.4 Å². The van der Waals surface area contributed by atoms with E-state index in [1.165, 1.54) is 18.9 Å². The zero-order chi connectivity index (χ0) is 14.1. The lowest BCUT2D eigenvalue weighted by atomic mass is 10.1. The second kappa shape index (κ2) is 9.05. The van der Waals surface area contributed by atoms with Crippen molar-refractivity contribution in [2.75, 3.05) is 20.1 Å². The molecule has 108 valence electrons. The van der Waals surface area contributed by atoms with Crippen LogP contribution in [0.15, 0.2) is 24.3 Å². The summed E-state index contributed by atoms with van der Waals surface area (Å²) in [5.74, 6) is -0.151. The Morgan fingerprint density at radius 3 is 2.68 bits per heavy atom. The van der Waals surface area contributed by atoms with Crippen LogP contribution in [0.1, 0.15) is 38.7 Å². The van der Waals surface area contributed by atoms with Crippen molar-refractivity contribution in [2.45, 2.75) is 45.7 Å². The second-order valence-corrected chi connectivity index (χ2v) is 5.19.